The summed E-state index contributed by atoms with van der Waals surface area (Å²) >= 11 is 6.68. The molecule has 2 amide bonds. The number of thiocarbonyl (C=S) groups is 1. The van der Waals surface area contributed by atoms with Gasteiger partial charge in [-0.25, -0.2) is 0 Å². The van der Waals surface area contributed by atoms with E-state index in [1.54, 1.807) is 18.1 Å². The molecule has 1 atom stereocenters. The maximum atomic E-state index is 12.8. The smallest absolute Gasteiger partial charge is 0.266 e. The van der Waals surface area contributed by atoms with Gasteiger partial charge in [0.05, 0.1) is 12.0 Å². The van der Waals surface area contributed by atoms with Crippen LogP contribution in [0.3, 0.4) is 0 Å². The minimum Gasteiger partial charge on any atom is -0.496 e. The third kappa shape index (κ3) is 5.42. The minimum atomic E-state index is -0.125. The van der Waals surface area contributed by atoms with Gasteiger partial charge in [-0.15, -0.1) is 0 Å². The van der Waals surface area contributed by atoms with Crippen molar-refractivity contribution < 1.29 is 19.4 Å². The fourth-order valence-corrected chi connectivity index (χ4v) is 5.23. The number of likely N-dealkylation sites (tertiary alicyclic amines) is 1. The predicted octanol–water partition coefficient (Wildman–Crippen LogP) is 3.44. The summed E-state index contributed by atoms with van der Waals surface area (Å²) in [7, 11) is 1.60. The molecular weight excluding hydrogens is 420 g/mol. The number of amides is 2. The summed E-state index contributed by atoms with van der Waals surface area (Å²) in [6, 6.07) is 7.66. The van der Waals surface area contributed by atoms with Crippen LogP contribution in [0.4, 0.5) is 0 Å². The second kappa shape index (κ2) is 10.9. The average Bonchev–Trinajstić information content (AvgIpc) is 3.02. The van der Waals surface area contributed by atoms with E-state index >= 15 is 0 Å². The zero-order valence-electron chi connectivity index (χ0n) is 17.2. The van der Waals surface area contributed by atoms with Crippen LogP contribution >= 0.6 is 24.0 Å². The molecule has 0 spiro atoms. The highest BCUT2D eigenvalue weighted by atomic mass is 32.2. The van der Waals surface area contributed by atoms with Crippen molar-refractivity contribution in [2.45, 2.75) is 44.6 Å². The third-order valence-electron chi connectivity index (χ3n) is 5.48. The number of hydrogen-bond donors (Lipinski definition) is 1. The molecule has 0 unspecified atom stereocenters. The average molecular weight is 449 g/mol. The third-order valence-corrected chi connectivity index (χ3v) is 6.86. The molecule has 0 aliphatic carbocycles. The van der Waals surface area contributed by atoms with Gasteiger partial charge >= 0.3 is 0 Å². The molecule has 0 aromatic heterocycles. The van der Waals surface area contributed by atoms with Crippen molar-refractivity contribution in [2.24, 2.45) is 0 Å². The normalized spacial score (nSPS) is 20.9. The van der Waals surface area contributed by atoms with Crippen LogP contribution in [0, 0.1) is 0 Å². The lowest BCUT2D eigenvalue weighted by molar-refractivity contribution is -0.135. The molecule has 6 nitrogen and oxygen atoms in total. The maximum absolute atomic E-state index is 12.8. The zero-order chi connectivity index (χ0) is 21.5. The highest BCUT2D eigenvalue weighted by Crippen LogP contribution is 2.34. The molecule has 1 aromatic carbocycles. The summed E-state index contributed by atoms with van der Waals surface area (Å²) in [5, 5.41) is 9.25. The van der Waals surface area contributed by atoms with E-state index in [2.05, 4.69) is 0 Å². The molecular formula is C22H28N2O4S2. The van der Waals surface area contributed by atoms with E-state index in [4.69, 9.17) is 17.0 Å². The lowest BCUT2D eigenvalue weighted by Crippen LogP contribution is -2.44. The first kappa shape index (κ1) is 22.8. The lowest BCUT2D eigenvalue weighted by atomic mass is 9.99. The summed E-state index contributed by atoms with van der Waals surface area (Å²) in [5.74, 6) is 0.676. The van der Waals surface area contributed by atoms with Crippen LogP contribution in [0.1, 0.15) is 44.1 Å². The number of para-hydroxylation sites is 1. The van der Waals surface area contributed by atoms with Crippen molar-refractivity contribution in [3.05, 3.63) is 34.7 Å². The SMILES string of the molecule is COc1ccccc1/C=C1\SC(=S)N(CCCC(=O)N2CCCC[C@@H]2CCO)C1=O. The fraction of sp³-hybridized carbons (Fsp3) is 0.500. The Balaban J connectivity index is 1.57. The monoisotopic (exact) mass is 448 g/mol. The molecule has 2 saturated heterocycles. The molecule has 2 fully saturated rings. The molecule has 30 heavy (non-hydrogen) atoms. The van der Waals surface area contributed by atoms with E-state index in [0.29, 0.717) is 40.8 Å². The summed E-state index contributed by atoms with van der Waals surface area (Å²) in [5.41, 5.74) is 0.829. The largest absolute Gasteiger partial charge is 0.496 e. The van der Waals surface area contributed by atoms with Gasteiger partial charge < -0.3 is 14.7 Å². The fourth-order valence-electron chi connectivity index (χ4n) is 3.93. The van der Waals surface area contributed by atoms with Gasteiger partial charge in [0, 0.05) is 37.7 Å². The standard InChI is InChI=1S/C22H28N2O4S2/c1-28-18-9-3-2-7-16(18)15-19-21(27)24(22(29)30-19)13-6-10-20(26)23-12-5-4-8-17(23)11-14-25/h2-3,7,9,15,17,25H,4-6,8,10-14H2,1H3/b19-15-/t17-/m1/s1. The summed E-state index contributed by atoms with van der Waals surface area (Å²) < 4.78 is 5.87. The number of thioether (sulfide) groups is 1. The number of nitrogens with zero attached hydrogens (tertiary/aromatic N) is 2. The number of piperidine rings is 1. The van der Waals surface area contributed by atoms with Crippen molar-refractivity contribution in [3.8, 4) is 5.75 Å². The Morgan fingerprint density at radius 1 is 1.37 bits per heavy atom. The number of methoxy groups -OCH3 is 1. The van der Waals surface area contributed by atoms with E-state index < -0.39 is 0 Å². The van der Waals surface area contributed by atoms with Crippen molar-refractivity contribution in [1.82, 2.24) is 9.80 Å². The zero-order valence-corrected chi connectivity index (χ0v) is 18.8. The number of rotatable bonds is 8. The first-order chi connectivity index (χ1) is 14.5. The molecule has 0 saturated carbocycles. The second-order valence-electron chi connectivity index (χ2n) is 7.43. The number of carbonyl (C=O) groups excluding carboxylic acids is 2. The molecule has 162 valence electrons. The Morgan fingerprint density at radius 2 is 2.17 bits per heavy atom. The van der Waals surface area contributed by atoms with Crippen LogP contribution < -0.4 is 4.74 Å². The first-order valence-electron chi connectivity index (χ1n) is 10.3. The Labute approximate surface area is 187 Å². The lowest BCUT2D eigenvalue weighted by Gasteiger charge is -2.35. The quantitative estimate of drug-likeness (QED) is 0.485. The number of aliphatic hydroxyl groups is 1. The Morgan fingerprint density at radius 3 is 2.93 bits per heavy atom. The predicted molar refractivity (Wildman–Crippen MR) is 123 cm³/mol. The van der Waals surface area contributed by atoms with E-state index in [0.717, 1.165) is 31.4 Å². The number of benzene rings is 1. The van der Waals surface area contributed by atoms with Crippen LogP contribution in [0.15, 0.2) is 29.2 Å². The highest BCUT2D eigenvalue weighted by molar-refractivity contribution is 8.26. The molecule has 2 heterocycles. The molecule has 3 rings (SSSR count). The molecule has 0 bridgehead atoms. The molecule has 0 radical (unpaired) electrons. The number of ether oxygens (including phenoxy) is 1. The van der Waals surface area contributed by atoms with Crippen LogP contribution in [-0.2, 0) is 9.59 Å². The van der Waals surface area contributed by atoms with Gasteiger partial charge in [0.25, 0.3) is 5.91 Å². The van der Waals surface area contributed by atoms with E-state index in [1.807, 2.05) is 29.2 Å². The van der Waals surface area contributed by atoms with Gasteiger partial charge in [-0.1, -0.05) is 42.2 Å². The van der Waals surface area contributed by atoms with Gasteiger partial charge in [0.1, 0.15) is 10.1 Å². The van der Waals surface area contributed by atoms with Crippen LogP contribution in [0.25, 0.3) is 6.08 Å². The van der Waals surface area contributed by atoms with Gasteiger partial charge in [-0.2, -0.15) is 0 Å². The Bertz CT molecular complexity index is 825. The summed E-state index contributed by atoms with van der Waals surface area (Å²) in [6.07, 6.45) is 6.44. The van der Waals surface area contributed by atoms with Gasteiger partial charge in [-0.05, 0) is 44.2 Å². The van der Waals surface area contributed by atoms with Gasteiger partial charge in [0.2, 0.25) is 5.91 Å². The number of carbonyl (C=O) groups is 2. The van der Waals surface area contributed by atoms with Crippen LogP contribution in [-0.4, -0.2) is 63.9 Å². The van der Waals surface area contributed by atoms with E-state index in [1.165, 1.54) is 11.8 Å². The van der Waals surface area contributed by atoms with Gasteiger partial charge in [0.15, 0.2) is 0 Å². The minimum absolute atomic E-state index is 0.100. The molecule has 8 heteroatoms. The topological polar surface area (TPSA) is 70.1 Å². The number of aliphatic hydroxyl groups excluding tert-OH is 1. The molecule has 2 aliphatic heterocycles. The van der Waals surface area contributed by atoms with Crippen LogP contribution in [0.5, 0.6) is 5.75 Å². The van der Waals surface area contributed by atoms with Crippen molar-refractivity contribution in [2.75, 3.05) is 26.8 Å². The second-order valence-corrected chi connectivity index (χ2v) is 9.10. The van der Waals surface area contributed by atoms with Crippen LogP contribution in [0.2, 0.25) is 0 Å². The van der Waals surface area contributed by atoms with Crippen molar-refractivity contribution in [1.29, 1.82) is 0 Å². The first-order valence-corrected chi connectivity index (χ1v) is 11.6. The Kier molecular flexibility index (Phi) is 8.30. The van der Waals surface area contributed by atoms with Gasteiger partial charge in [-0.3, -0.25) is 14.5 Å². The van der Waals surface area contributed by atoms with Crippen molar-refractivity contribution in [3.63, 3.8) is 0 Å². The summed E-state index contributed by atoms with van der Waals surface area (Å²) in [6.45, 7) is 1.29. The Hall–Kier alpha value is -1.90. The summed E-state index contributed by atoms with van der Waals surface area (Å²) in [4.78, 5) is 29.5. The number of hydrogen-bond acceptors (Lipinski definition) is 6. The molecule has 2 aliphatic rings. The molecule has 1 aromatic rings. The highest BCUT2D eigenvalue weighted by Gasteiger charge is 2.32. The van der Waals surface area contributed by atoms with E-state index in [-0.39, 0.29) is 24.5 Å². The maximum Gasteiger partial charge on any atom is 0.266 e. The van der Waals surface area contributed by atoms with Crippen molar-refractivity contribution >= 4 is 46.2 Å². The molecule has 1 N–H and O–H groups in total. The van der Waals surface area contributed by atoms with E-state index in [9.17, 15) is 14.7 Å².